The topological polar surface area (TPSA) is 86.3 Å². The SMILES string of the molecule is CCC[N+](CC)(CCC)C(C)CCS(=O)(=O)[O-].O=C1C=CN1. The lowest BCUT2D eigenvalue weighted by Gasteiger charge is -2.43. The minimum Gasteiger partial charge on any atom is -0.748 e. The molecule has 0 spiro atoms. The first-order chi connectivity index (χ1) is 10.2. The molecule has 1 amide bonds. The summed E-state index contributed by atoms with van der Waals surface area (Å²) >= 11 is 0. The number of amides is 1. The van der Waals surface area contributed by atoms with Gasteiger partial charge in [0.1, 0.15) is 0 Å². The smallest absolute Gasteiger partial charge is 0.249 e. The van der Waals surface area contributed by atoms with Gasteiger partial charge in [-0.25, -0.2) is 8.42 Å². The van der Waals surface area contributed by atoms with Gasteiger partial charge in [-0.1, -0.05) is 13.8 Å². The van der Waals surface area contributed by atoms with Crippen LogP contribution in [0.5, 0.6) is 0 Å². The maximum Gasteiger partial charge on any atom is 0.249 e. The van der Waals surface area contributed by atoms with Crippen molar-refractivity contribution in [3.8, 4) is 0 Å². The van der Waals surface area contributed by atoms with Crippen LogP contribution in [0.3, 0.4) is 0 Å². The van der Waals surface area contributed by atoms with E-state index in [1.165, 1.54) is 6.08 Å². The van der Waals surface area contributed by atoms with Gasteiger partial charge in [-0.05, 0) is 26.7 Å². The van der Waals surface area contributed by atoms with Crippen LogP contribution in [0.25, 0.3) is 0 Å². The summed E-state index contributed by atoms with van der Waals surface area (Å²) in [5.74, 6) is -0.230. The third-order valence-corrected chi connectivity index (χ3v) is 4.88. The summed E-state index contributed by atoms with van der Waals surface area (Å²) in [5, 5.41) is 2.39. The van der Waals surface area contributed by atoms with Gasteiger partial charge >= 0.3 is 0 Å². The molecular weight excluding hydrogens is 304 g/mol. The Kier molecular flexibility index (Phi) is 9.55. The number of nitrogens with zero attached hydrogens (tertiary/aromatic N) is 1. The Morgan fingerprint density at radius 2 is 1.68 bits per heavy atom. The molecular formula is C15H30N2O4S. The van der Waals surface area contributed by atoms with Gasteiger partial charge in [0.05, 0.1) is 35.8 Å². The number of hydrogen-bond acceptors (Lipinski definition) is 4. The molecule has 0 aromatic heterocycles. The molecule has 130 valence electrons. The van der Waals surface area contributed by atoms with E-state index in [4.69, 9.17) is 0 Å². The normalized spacial score (nSPS) is 15.4. The Hall–Kier alpha value is -0.920. The van der Waals surface area contributed by atoms with Crippen LogP contribution in [-0.4, -0.2) is 54.8 Å². The Morgan fingerprint density at radius 1 is 1.23 bits per heavy atom. The summed E-state index contributed by atoms with van der Waals surface area (Å²) in [6, 6.07) is 0.239. The first kappa shape index (κ1) is 21.1. The fourth-order valence-corrected chi connectivity index (χ4v) is 3.44. The molecule has 0 fully saturated rings. The summed E-state index contributed by atoms with van der Waals surface area (Å²) < 4.78 is 33.0. The maximum absolute atomic E-state index is 10.7. The largest absolute Gasteiger partial charge is 0.748 e. The predicted molar refractivity (Wildman–Crippen MR) is 87.0 cm³/mol. The Labute approximate surface area is 134 Å². The van der Waals surface area contributed by atoms with E-state index in [1.807, 2.05) is 0 Å². The van der Waals surface area contributed by atoms with E-state index in [9.17, 15) is 17.8 Å². The first-order valence-electron chi connectivity index (χ1n) is 7.97. The van der Waals surface area contributed by atoms with E-state index in [1.54, 1.807) is 6.20 Å². The van der Waals surface area contributed by atoms with E-state index < -0.39 is 10.1 Å². The van der Waals surface area contributed by atoms with E-state index in [2.05, 4.69) is 33.0 Å². The monoisotopic (exact) mass is 334 g/mol. The Bertz CT molecular complexity index is 454. The van der Waals surface area contributed by atoms with Gasteiger partial charge in [0.15, 0.2) is 0 Å². The lowest BCUT2D eigenvalue weighted by atomic mass is 10.1. The second-order valence-corrected chi connectivity index (χ2v) is 7.25. The first-order valence-corrected chi connectivity index (χ1v) is 9.54. The molecule has 0 aromatic carbocycles. The van der Waals surface area contributed by atoms with E-state index >= 15 is 0 Å². The number of quaternary nitrogens is 1. The number of hydrogen-bond donors (Lipinski definition) is 1. The Balaban J connectivity index is 0.000000734. The molecule has 0 saturated heterocycles. The fourth-order valence-electron chi connectivity index (χ4n) is 2.81. The lowest BCUT2D eigenvalue weighted by molar-refractivity contribution is -0.948. The highest BCUT2D eigenvalue weighted by molar-refractivity contribution is 7.85. The standard InChI is InChI=1S/C12H27NO3S.C3H3NO/c1-5-9-13(7-3,10-6-2)12(4)8-11-17(14,15)16;5-3-1-2-4-3/h12H,5-11H2,1-4H3;1-2H,(H,4,5). The number of rotatable bonds is 9. The van der Waals surface area contributed by atoms with Crippen molar-refractivity contribution in [2.24, 2.45) is 0 Å². The maximum atomic E-state index is 10.7. The molecule has 1 aliphatic heterocycles. The summed E-state index contributed by atoms with van der Waals surface area (Å²) in [7, 11) is -4.08. The van der Waals surface area contributed by atoms with Crippen molar-refractivity contribution >= 4 is 16.0 Å². The molecule has 1 N–H and O–H groups in total. The Morgan fingerprint density at radius 3 is 1.91 bits per heavy atom. The average Bonchev–Trinajstić information content (AvgIpc) is 2.42. The molecule has 6 nitrogen and oxygen atoms in total. The molecule has 0 bridgehead atoms. The van der Waals surface area contributed by atoms with Gasteiger partial charge in [-0.15, -0.1) is 0 Å². The highest BCUT2D eigenvalue weighted by atomic mass is 32.2. The van der Waals surface area contributed by atoms with Crippen LogP contribution in [0.4, 0.5) is 0 Å². The molecule has 1 atom stereocenters. The summed E-state index contributed by atoms with van der Waals surface area (Å²) in [6.07, 6.45) is 5.71. The summed E-state index contributed by atoms with van der Waals surface area (Å²) in [4.78, 5) is 9.70. The van der Waals surface area contributed by atoms with Gasteiger partial charge in [0.25, 0.3) is 0 Å². The second-order valence-electron chi connectivity index (χ2n) is 5.72. The van der Waals surface area contributed by atoms with Crippen molar-refractivity contribution in [3.05, 3.63) is 12.3 Å². The highest BCUT2D eigenvalue weighted by Crippen LogP contribution is 2.19. The van der Waals surface area contributed by atoms with Gasteiger partial charge in [-0.3, -0.25) is 4.79 Å². The van der Waals surface area contributed by atoms with E-state index in [0.717, 1.165) is 37.0 Å². The molecule has 22 heavy (non-hydrogen) atoms. The fraction of sp³-hybridized carbons (Fsp3) is 0.800. The van der Waals surface area contributed by atoms with Gasteiger partial charge in [0, 0.05) is 24.4 Å². The van der Waals surface area contributed by atoms with Crippen LogP contribution in [0.1, 0.15) is 47.0 Å². The third-order valence-electron chi connectivity index (χ3n) is 4.15. The number of nitrogens with one attached hydrogen (secondary N) is 1. The van der Waals surface area contributed by atoms with Gasteiger partial charge in [-0.2, -0.15) is 0 Å². The van der Waals surface area contributed by atoms with E-state index in [0.29, 0.717) is 6.42 Å². The zero-order chi connectivity index (χ0) is 17.2. The van der Waals surface area contributed by atoms with Crippen molar-refractivity contribution in [2.45, 2.75) is 53.0 Å². The van der Waals surface area contributed by atoms with Crippen LogP contribution >= 0.6 is 0 Å². The molecule has 1 heterocycles. The van der Waals surface area contributed by atoms with Crippen LogP contribution in [0.15, 0.2) is 12.3 Å². The zero-order valence-corrected chi connectivity index (χ0v) is 15.0. The minimum absolute atomic E-state index is 0.00463. The van der Waals surface area contributed by atoms with Gasteiger partial charge < -0.3 is 14.4 Å². The molecule has 1 unspecified atom stereocenters. The third kappa shape index (κ3) is 7.91. The number of carbonyl (C=O) groups is 1. The van der Waals surface area contributed by atoms with Crippen LogP contribution in [0.2, 0.25) is 0 Å². The molecule has 0 aliphatic carbocycles. The highest BCUT2D eigenvalue weighted by Gasteiger charge is 2.30. The van der Waals surface area contributed by atoms with Crippen molar-refractivity contribution in [2.75, 3.05) is 25.4 Å². The van der Waals surface area contributed by atoms with Crippen LogP contribution < -0.4 is 5.32 Å². The quantitative estimate of drug-likeness (QED) is 0.512. The van der Waals surface area contributed by atoms with Crippen LogP contribution in [-0.2, 0) is 14.9 Å². The molecule has 7 heteroatoms. The molecule has 1 rings (SSSR count). The summed E-state index contributed by atoms with van der Waals surface area (Å²) in [6.45, 7) is 11.6. The van der Waals surface area contributed by atoms with Gasteiger partial charge in [0.2, 0.25) is 5.91 Å². The average molecular weight is 334 g/mol. The molecule has 1 aliphatic rings. The van der Waals surface area contributed by atoms with Crippen LogP contribution in [0, 0.1) is 0 Å². The minimum atomic E-state index is -4.08. The van der Waals surface area contributed by atoms with Crippen molar-refractivity contribution in [1.82, 2.24) is 5.32 Å². The molecule has 0 saturated carbocycles. The molecule has 0 radical (unpaired) electrons. The van der Waals surface area contributed by atoms with Crippen molar-refractivity contribution < 1.29 is 22.2 Å². The predicted octanol–water partition coefficient (Wildman–Crippen LogP) is 1.60. The second kappa shape index (κ2) is 9.97. The van der Waals surface area contributed by atoms with Crippen molar-refractivity contribution in [1.29, 1.82) is 0 Å². The van der Waals surface area contributed by atoms with E-state index in [-0.39, 0.29) is 17.7 Å². The summed E-state index contributed by atoms with van der Waals surface area (Å²) in [5.41, 5.74) is 0. The zero-order valence-electron chi connectivity index (χ0n) is 14.2. The number of carbonyl (C=O) groups excluding carboxylic acids is 1. The lowest BCUT2D eigenvalue weighted by Crippen LogP contribution is -2.55. The molecule has 0 aromatic rings. The van der Waals surface area contributed by atoms with Crippen molar-refractivity contribution in [3.63, 3.8) is 0 Å².